The van der Waals surface area contributed by atoms with Gasteiger partial charge in [0.2, 0.25) is 10.0 Å². The van der Waals surface area contributed by atoms with Crippen molar-refractivity contribution in [3.8, 4) is 5.75 Å². The van der Waals surface area contributed by atoms with Gasteiger partial charge in [0.05, 0.1) is 7.11 Å². The molecule has 0 aliphatic carbocycles. The number of ether oxygens (including phenoxy) is 1. The first kappa shape index (κ1) is 20.1. The topological polar surface area (TPSA) is 75.7 Å². The van der Waals surface area contributed by atoms with Crippen LogP contribution in [0.2, 0.25) is 0 Å². The Hall–Kier alpha value is -1.68. The smallest absolute Gasteiger partial charge is 0.255 e. The van der Waals surface area contributed by atoms with Crippen molar-refractivity contribution in [1.82, 2.24) is 4.31 Å². The minimum atomic E-state index is -3.74. The molecule has 1 aliphatic heterocycles. The van der Waals surface area contributed by atoms with E-state index < -0.39 is 15.9 Å². The van der Waals surface area contributed by atoms with Crippen molar-refractivity contribution < 1.29 is 17.9 Å². The molecule has 1 aliphatic rings. The molecule has 0 unspecified atom stereocenters. The molecule has 0 saturated carbocycles. The first-order valence-corrected chi connectivity index (χ1v) is 11.3. The normalized spacial score (nSPS) is 15.3. The van der Waals surface area contributed by atoms with Gasteiger partial charge in [-0.05, 0) is 36.4 Å². The summed E-state index contributed by atoms with van der Waals surface area (Å²) < 4.78 is 32.8. The molecule has 1 saturated heterocycles. The number of sulfonamides is 1. The number of nitrogens with zero attached hydrogens (tertiary/aromatic N) is 1. The average Bonchev–Trinajstić information content (AvgIpc) is 2.68. The second kappa shape index (κ2) is 8.55. The van der Waals surface area contributed by atoms with Crippen LogP contribution in [0.5, 0.6) is 5.75 Å². The number of methoxy groups -OCH3 is 1. The Kier molecular flexibility index (Phi) is 6.36. The van der Waals surface area contributed by atoms with Crippen LogP contribution < -0.4 is 10.1 Å². The van der Waals surface area contributed by atoms with Gasteiger partial charge < -0.3 is 10.1 Å². The number of amides is 1. The molecular weight excluding hydrogens is 404 g/mol. The van der Waals surface area contributed by atoms with E-state index in [2.05, 4.69) is 17.9 Å². The number of nitrogens with one attached hydrogen (secondary N) is 1. The molecule has 27 heavy (non-hydrogen) atoms. The number of hydrogen-bond donors (Lipinski definition) is 2. The van der Waals surface area contributed by atoms with E-state index in [4.69, 9.17) is 4.74 Å². The highest BCUT2D eigenvalue weighted by Gasteiger charge is 2.30. The van der Waals surface area contributed by atoms with Crippen LogP contribution in [0.3, 0.4) is 0 Å². The lowest BCUT2D eigenvalue weighted by Crippen LogP contribution is -2.38. The van der Waals surface area contributed by atoms with E-state index in [-0.39, 0.29) is 16.2 Å². The summed E-state index contributed by atoms with van der Waals surface area (Å²) in [5, 5.41) is 2.75. The third-order valence-electron chi connectivity index (χ3n) is 4.12. The second-order valence-electron chi connectivity index (χ2n) is 5.89. The molecule has 2 aromatic rings. The highest BCUT2D eigenvalue weighted by molar-refractivity contribution is 7.99. The van der Waals surface area contributed by atoms with Crippen LogP contribution in [0.1, 0.15) is 10.4 Å². The van der Waals surface area contributed by atoms with Gasteiger partial charge in [0.15, 0.2) is 0 Å². The lowest BCUT2D eigenvalue weighted by Gasteiger charge is -2.26. The minimum absolute atomic E-state index is 0.00694. The van der Waals surface area contributed by atoms with Gasteiger partial charge in [0.1, 0.15) is 10.6 Å². The molecule has 9 heteroatoms. The Morgan fingerprint density at radius 3 is 2.59 bits per heavy atom. The molecule has 0 bridgehead atoms. The van der Waals surface area contributed by atoms with Gasteiger partial charge in [-0.3, -0.25) is 4.79 Å². The van der Waals surface area contributed by atoms with E-state index in [0.29, 0.717) is 23.7 Å². The van der Waals surface area contributed by atoms with Gasteiger partial charge in [0, 0.05) is 40.7 Å². The van der Waals surface area contributed by atoms with Crippen molar-refractivity contribution in [2.45, 2.75) is 9.79 Å². The van der Waals surface area contributed by atoms with E-state index in [9.17, 15) is 13.2 Å². The van der Waals surface area contributed by atoms with Crippen molar-refractivity contribution in [2.24, 2.45) is 0 Å². The summed E-state index contributed by atoms with van der Waals surface area (Å²) in [6.45, 7) is 0.891. The molecule has 0 atom stereocenters. The highest BCUT2D eigenvalue weighted by atomic mass is 32.2. The zero-order valence-corrected chi connectivity index (χ0v) is 17.2. The van der Waals surface area contributed by atoms with Crippen LogP contribution in [0.15, 0.2) is 52.3 Å². The van der Waals surface area contributed by atoms with Crippen molar-refractivity contribution in [2.75, 3.05) is 37.0 Å². The number of hydrogen-bond acceptors (Lipinski definition) is 6. The van der Waals surface area contributed by atoms with Gasteiger partial charge in [-0.25, -0.2) is 8.42 Å². The molecular formula is C18H20N2O4S3. The Morgan fingerprint density at radius 2 is 1.93 bits per heavy atom. The third kappa shape index (κ3) is 4.60. The summed E-state index contributed by atoms with van der Waals surface area (Å²) in [4.78, 5) is 13.3. The fraction of sp³-hybridized carbons (Fsp3) is 0.278. The molecule has 1 amide bonds. The summed E-state index contributed by atoms with van der Waals surface area (Å²) in [5.74, 6) is 1.33. The van der Waals surface area contributed by atoms with Crippen molar-refractivity contribution in [1.29, 1.82) is 0 Å². The summed E-state index contributed by atoms with van der Waals surface area (Å²) in [5.41, 5.74) is 0.825. The SMILES string of the molecule is COc1ccc(C(=O)Nc2cccc(S)c2)cc1S(=O)(=O)N1CCSCC1. The Labute approximate surface area is 168 Å². The fourth-order valence-electron chi connectivity index (χ4n) is 2.73. The molecule has 0 spiro atoms. The van der Waals surface area contributed by atoms with Gasteiger partial charge in [-0.15, -0.1) is 12.6 Å². The summed E-state index contributed by atoms with van der Waals surface area (Å²) >= 11 is 5.97. The Balaban J connectivity index is 1.92. The first-order chi connectivity index (χ1) is 12.9. The molecule has 1 heterocycles. The Morgan fingerprint density at radius 1 is 1.19 bits per heavy atom. The number of benzene rings is 2. The van der Waals surface area contributed by atoms with Crippen LogP contribution in [-0.4, -0.2) is 50.3 Å². The Bertz CT molecular complexity index is 941. The van der Waals surface area contributed by atoms with Crippen molar-refractivity contribution >= 4 is 46.0 Å². The summed E-state index contributed by atoms with van der Waals surface area (Å²) in [6, 6.07) is 11.5. The number of thiol groups is 1. The highest BCUT2D eigenvalue weighted by Crippen LogP contribution is 2.29. The molecule has 3 rings (SSSR count). The van der Waals surface area contributed by atoms with Crippen LogP contribution in [-0.2, 0) is 10.0 Å². The molecule has 2 aromatic carbocycles. The predicted molar refractivity (Wildman–Crippen MR) is 111 cm³/mol. The van der Waals surface area contributed by atoms with Gasteiger partial charge >= 0.3 is 0 Å². The van der Waals surface area contributed by atoms with Gasteiger partial charge in [0.25, 0.3) is 5.91 Å². The van der Waals surface area contributed by atoms with E-state index in [1.165, 1.54) is 23.5 Å². The molecule has 1 N–H and O–H groups in total. The van der Waals surface area contributed by atoms with Gasteiger partial charge in [-0.2, -0.15) is 16.1 Å². The first-order valence-electron chi connectivity index (χ1n) is 8.28. The van der Waals surface area contributed by atoms with E-state index in [1.807, 2.05) is 0 Å². The molecule has 0 radical (unpaired) electrons. The predicted octanol–water partition coefficient (Wildman–Crippen LogP) is 2.97. The standard InChI is InChI=1S/C18H20N2O4S3/c1-24-16-6-5-13(18(21)19-14-3-2-4-15(25)12-14)11-17(16)27(22,23)20-7-9-26-10-8-20/h2-6,11-12,25H,7-10H2,1H3,(H,19,21). The zero-order valence-electron chi connectivity index (χ0n) is 14.7. The molecule has 144 valence electrons. The summed E-state index contributed by atoms with van der Waals surface area (Å²) in [6.07, 6.45) is 0. The number of rotatable bonds is 5. The van der Waals surface area contributed by atoms with Crippen LogP contribution in [0.4, 0.5) is 5.69 Å². The number of anilines is 1. The monoisotopic (exact) mass is 424 g/mol. The maximum Gasteiger partial charge on any atom is 0.255 e. The third-order valence-corrected chi connectivity index (χ3v) is 7.26. The minimum Gasteiger partial charge on any atom is -0.495 e. The van der Waals surface area contributed by atoms with Crippen LogP contribution in [0, 0.1) is 0 Å². The van der Waals surface area contributed by atoms with Crippen molar-refractivity contribution in [3.05, 3.63) is 48.0 Å². The quantitative estimate of drug-likeness (QED) is 0.722. The van der Waals surface area contributed by atoms with Gasteiger partial charge in [-0.1, -0.05) is 6.07 Å². The summed E-state index contributed by atoms with van der Waals surface area (Å²) in [7, 11) is -2.32. The molecule has 0 aromatic heterocycles. The van der Waals surface area contributed by atoms with Crippen molar-refractivity contribution in [3.63, 3.8) is 0 Å². The number of carbonyl (C=O) groups excluding carboxylic acids is 1. The molecule has 6 nitrogen and oxygen atoms in total. The van der Waals surface area contributed by atoms with Crippen LogP contribution in [0.25, 0.3) is 0 Å². The maximum atomic E-state index is 13.0. The fourth-order valence-corrected chi connectivity index (χ4v) is 5.71. The maximum absolute atomic E-state index is 13.0. The lowest BCUT2D eigenvalue weighted by atomic mass is 10.2. The number of thioether (sulfide) groups is 1. The number of carbonyl (C=O) groups is 1. The van der Waals surface area contributed by atoms with E-state index in [1.54, 1.807) is 42.1 Å². The molecule has 1 fully saturated rings. The second-order valence-corrected chi connectivity index (χ2v) is 9.53. The largest absolute Gasteiger partial charge is 0.495 e. The average molecular weight is 425 g/mol. The van der Waals surface area contributed by atoms with E-state index >= 15 is 0 Å². The zero-order chi connectivity index (χ0) is 19.4. The van der Waals surface area contributed by atoms with E-state index in [0.717, 1.165) is 11.5 Å². The van der Waals surface area contributed by atoms with Crippen LogP contribution >= 0.6 is 24.4 Å². The lowest BCUT2D eigenvalue weighted by molar-refractivity contribution is 0.102.